The van der Waals surface area contributed by atoms with Crippen LogP contribution in [0.5, 0.6) is 5.75 Å². The van der Waals surface area contributed by atoms with Crippen molar-refractivity contribution >= 4 is 5.96 Å². The highest BCUT2D eigenvalue weighted by Gasteiger charge is 2.01. The molecular weight excluding hydrogens is 300 g/mol. The number of hydrogen-bond acceptors (Lipinski definition) is 3. The van der Waals surface area contributed by atoms with E-state index in [4.69, 9.17) is 10.00 Å². The van der Waals surface area contributed by atoms with Crippen LogP contribution in [0.4, 0.5) is 0 Å². The average Bonchev–Trinajstić information content (AvgIpc) is 2.64. The second-order valence-electron chi connectivity index (χ2n) is 5.21. The molecule has 0 fully saturated rings. The van der Waals surface area contributed by atoms with E-state index < -0.39 is 0 Å². The van der Waals surface area contributed by atoms with E-state index in [1.54, 1.807) is 13.2 Å². The number of aliphatic imine (C=N–C) groups is 1. The van der Waals surface area contributed by atoms with Gasteiger partial charge in [-0.3, -0.25) is 0 Å². The lowest BCUT2D eigenvalue weighted by Crippen LogP contribution is -2.36. The van der Waals surface area contributed by atoms with Gasteiger partial charge in [0.25, 0.3) is 0 Å². The highest BCUT2D eigenvalue weighted by Crippen LogP contribution is 2.12. The third-order valence-electron chi connectivity index (χ3n) is 3.41. The van der Waals surface area contributed by atoms with Crippen LogP contribution in [0.25, 0.3) is 0 Å². The van der Waals surface area contributed by atoms with Crippen molar-refractivity contribution in [3.63, 3.8) is 0 Å². The zero-order valence-corrected chi connectivity index (χ0v) is 14.0. The van der Waals surface area contributed by atoms with Gasteiger partial charge in [0.05, 0.1) is 25.3 Å². The Kier molecular flexibility index (Phi) is 6.66. The summed E-state index contributed by atoms with van der Waals surface area (Å²) in [5.74, 6) is 1.58. The summed E-state index contributed by atoms with van der Waals surface area (Å²) in [6.07, 6.45) is 0. The number of methoxy groups -OCH3 is 1. The van der Waals surface area contributed by atoms with Gasteiger partial charge >= 0.3 is 0 Å². The van der Waals surface area contributed by atoms with Crippen LogP contribution in [0.3, 0.4) is 0 Å². The normalized spacial score (nSPS) is 10.8. The van der Waals surface area contributed by atoms with E-state index >= 15 is 0 Å². The topological polar surface area (TPSA) is 69.4 Å². The third kappa shape index (κ3) is 5.33. The number of hydrogen-bond donors (Lipinski definition) is 2. The molecule has 0 unspecified atom stereocenters. The first-order valence-corrected chi connectivity index (χ1v) is 7.89. The fourth-order valence-corrected chi connectivity index (χ4v) is 2.22. The van der Waals surface area contributed by atoms with Gasteiger partial charge in [-0.05, 0) is 42.3 Å². The molecule has 2 N–H and O–H groups in total. The van der Waals surface area contributed by atoms with Gasteiger partial charge < -0.3 is 15.4 Å². The average molecular weight is 322 g/mol. The minimum Gasteiger partial charge on any atom is -0.497 e. The monoisotopic (exact) mass is 322 g/mol. The van der Waals surface area contributed by atoms with Crippen molar-refractivity contribution in [1.82, 2.24) is 10.6 Å². The number of benzene rings is 2. The quantitative estimate of drug-likeness (QED) is 0.634. The Labute approximate surface area is 143 Å². The fourth-order valence-electron chi connectivity index (χ4n) is 2.22. The van der Waals surface area contributed by atoms with Gasteiger partial charge in [-0.15, -0.1) is 0 Å². The molecule has 0 heterocycles. The van der Waals surface area contributed by atoms with Gasteiger partial charge in [-0.1, -0.05) is 24.3 Å². The summed E-state index contributed by atoms with van der Waals surface area (Å²) < 4.78 is 5.24. The van der Waals surface area contributed by atoms with Crippen molar-refractivity contribution in [3.05, 3.63) is 65.2 Å². The zero-order chi connectivity index (χ0) is 17.2. The fraction of sp³-hybridized carbons (Fsp3) is 0.263. The highest BCUT2D eigenvalue weighted by molar-refractivity contribution is 5.79. The van der Waals surface area contributed by atoms with E-state index in [1.807, 2.05) is 49.4 Å². The van der Waals surface area contributed by atoms with Gasteiger partial charge in [-0.2, -0.15) is 5.26 Å². The number of rotatable bonds is 6. The Morgan fingerprint density at radius 1 is 1.12 bits per heavy atom. The summed E-state index contributed by atoms with van der Waals surface area (Å²) in [5.41, 5.74) is 2.77. The Balaban J connectivity index is 2.01. The molecular formula is C19H22N4O. The van der Waals surface area contributed by atoms with Crippen molar-refractivity contribution in [2.45, 2.75) is 20.0 Å². The van der Waals surface area contributed by atoms with Gasteiger partial charge in [-0.25, -0.2) is 4.99 Å². The van der Waals surface area contributed by atoms with E-state index in [9.17, 15) is 0 Å². The van der Waals surface area contributed by atoms with Gasteiger partial charge in [0.1, 0.15) is 5.75 Å². The molecule has 0 spiro atoms. The second-order valence-corrected chi connectivity index (χ2v) is 5.21. The molecule has 2 rings (SSSR count). The van der Waals surface area contributed by atoms with E-state index in [0.29, 0.717) is 18.7 Å². The predicted molar refractivity (Wildman–Crippen MR) is 95.8 cm³/mol. The Hall–Kier alpha value is -3.00. The summed E-state index contributed by atoms with van der Waals surface area (Å²) in [5, 5.41) is 15.5. The number of nitriles is 1. The number of ether oxygens (including phenoxy) is 1. The van der Waals surface area contributed by atoms with E-state index in [1.165, 1.54) is 0 Å². The lowest BCUT2D eigenvalue weighted by Gasteiger charge is -2.12. The molecule has 2 aromatic rings. The molecule has 5 nitrogen and oxygen atoms in total. The van der Waals surface area contributed by atoms with E-state index in [2.05, 4.69) is 21.7 Å². The van der Waals surface area contributed by atoms with Crippen molar-refractivity contribution in [2.24, 2.45) is 4.99 Å². The maximum Gasteiger partial charge on any atom is 0.191 e. The minimum atomic E-state index is 0.517. The largest absolute Gasteiger partial charge is 0.497 e. The van der Waals surface area contributed by atoms with Gasteiger partial charge in [0.2, 0.25) is 0 Å². The lowest BCUT2D eigenvalue weighted by molar-refractivity contribution is 0.414. The molecule has 0 aromatic heterocycles. The number of guanidine groups is 1. The molecule has 0 saturated carbocycles. The summed E-state index contributed by atoms with van der Waals surface area (Å²) in [6.45, 7) is 3.98. The van der Waals surface area contributed by atoms with Gasteiger partial charge in [0.15, 0.2) is 5.96 Å². The minimum absolute atomic E-state index is 0.517. The molecule has 0 aliphatic heterocycles. The highest BCUT2D eigenvalue weighted by atomic mass is 16.5. The van der Waals surface area contributed by atoms with Crippen LogP contribution in [-0.4, -0.2) is 19.6 Å². The molecule has 0 amide bonds. The number of nitrogens with one attached hydrogen (secondary N) is 2. The van der Waals surface area contributed by atoms with Crippen molar-refractivity contribution in [3.8, 4) is 11.8 Å². The first-order chi connectivity index (χ1) is 11.7. The van der Waals surface area contributed by atoms with Crippen molar-refractivity contribution < 1.29 is 4.74 Å². The summed E-state index contributed by atoms with van der Waals surface area (Å²) >= 11 is 0. The molecule has 0 aliphatic rings. The maximum absolute atomic E-state index is 8.96. The first kappa shape index (κ1) is 17.4. The summed E-state index contributed by atoms with van der Waals surface area (Å²) in [7, 11) is 1.66. The zero-order valence-electron chi connectivity index (χ0n) is 14.0. The smallest absolute Gasteiger partial charge is 0.191 e. The third-order valence-corrected chi connectivity index (χ3v) is 3.41. The maximum atomic E-state index is 8.96. The molecule has 0 saturated heterocycles. The van der Waals surface area contributed by atoms with E-state index in [-0.39, 0.29) is 0 Å². The molecule has 0 aliphatic carbocycles. The molecule has 0 bridgehead atoms. The van der Waals surface area contributed by atoms with Crippen LogP contribution in [0.2, 0.25) is 0 Å². The van der Waals surface area contributed by atoms with E-state index in [0.717, 1.165) is 29.4 Å². The second kappa shape index (κ2) is 9.21. The standard InChI is InChI=1S/C19H22N4O/c1-3-21-19(22-13-16-7-4-6-15(10-16)12-20)23-14-17-8-5-9-18(11-17)24-2/h4-11H,3,13-14H2,1-2H3,(H2,21,22,23). The van der Waals surface area contributed by atoms with Gasteiger partial charge in [0, 0.05) is 13.1 Å². The van der Waals surface area contributed by atoms with Crippen LogP contribution in [0.1, 0.15) is 23.6 Å². The molecule has 0 atom stereocenters. The first-order valence-electron chi connectivity index (χ1n) is 7.89. The van der Waals surface area contributed by atoms with Crippen molar-refractivity contribution in [2.75, 3.05) is 13.7 Å². The van der Waals surface area contributed by atoms with Crippen LogP contribution in [0, 0.1) is 11.3 Å². The Morgan fingerprint density at radius 3 is 2.67 bits per heavy atom. The molecule has 2 aromatic carbocycles. The predicted octanol–water partition coefficient (Wildman–Crippen LogP) is 2.82. The molecule has 24 heavy (non-hydrogen) atoms. The summed E-state index contributed by atoms with van der Waals surface area (Å²) in [6, 6.07) is 17.6. The van der Waals surface area contributed by atoms with Crippen molar-refractivity contribution in [1.29, 1.82) is 5.26 Å². The van der Waals surface area contributed by atoms with Crippen LogP contribution in [0.15, 0.2) is 53.5 Å². The van der Waals surface area contributed by atoms with Crippen LogP contribution < -0.4 is 15.4 Å². The lowest BCUT2D eigenvalue weighted by atomic mass is 10.1. The summed E-state index contributed by atoms with van der Waals surface area (Å²) in [4.78, 5) is 4.57. The van der Waals surface area contributed by atoms with Crippen LogP contribution in [-0.2, 0) is 13.1 Å². The molecule has 5 heteroatoms. The molecule has 124 valence electrons. The Bertz CT molecular complexity index is 734. The number of nitrogens with zero attached hydrogens (tertiary/aromatic N) is 2. The molecule has 0 radical (unpaired) electrons. The SMILES string of the molecule is CCNC(=NCc1cccc(C#N)c1)NCc1cccc(OC)c1. The van der Waals surface area contributed by atoms with Crippen LogP contribution >= 0.6 is 0 Å². The Morgan fingerprint density at radius 2 is 1.92 bits per heavy atom.